The van der Waals surface area contributed by atoms with Crippen molar-refractivity contribution in [2.75, 3.05) is 5.32 Å². The lowest BCUT2D eigenvalue weighted by atomic mass is 10.1. The maximum absolute atomic E-state index is 12.4. The fraction of sp³-hybridized carbons (Fsp3) is 0.190. The summed E-state index contributed by atoms with van der Waals surface area (Å²) in [6, 6.07) is 14.8. The van der Waals surface area contributed by atoms with Gasteiger partial charge in [-0.25, -0.2) is 0 Å². The van der Waals surface area contributed by atoms with E-state index >= 15 is 0 Å². The molecular formula is C21H19ClN2O5. The highest BCUT2D eigenvalue weighted by Gasteiger charge is 2.16. The zero-order chi connectivity index (χ0) is 20.8. The normalized spacial score (nSPS) is 10.6. The number of amides is 1. The van der Waals surface area contributed by atoms with Crippen LogP contribution in [0.25, 0.3) is 0 Å². The summed E-state index contributed by atoms with van der Waals surface area (Å²) in [4.78, 5) is 22.7. The number of carbonyl (C=O) groups is 1. The largest absolute Gasteiger partial charge is 0.486 e. The molecule has 1 amide bonds. The van der Waals surface area contributed by atoms with Crippen LogP contribution in [0.15, 0.2) is 59.0 Å². The summed E-state index contributed by atoms with van der Waals surface area (Å²) in [5, 5.41) is 13.6. The van der Waals surface area contributed by atoms with E-state index in [-0.39, 0.29) is 28.8 Å². The van der Waals surface area contributed by atoms with Gasteiger partial charge in [0.25, 0.3) is 11.6 Å². The number of nitro groups is 1. The summed E-state index contributed by atoms with van der Waals surface area (Å²) >= 11 is 6.00. The molecule has 0 atom stereocenters. The van der Waals surface area contributed by atoms with E-state index < -0.39 is 10.8 Å². The van der Waals surface area contributed by atoms with Gasteiger partial charge in [-0.1, -0.05) is 37.1 Å². The van der Waals surface area contributed by atoms with Crippen LogP contribution in [-0.2, 0) is 13.0 Å². The maximum Gasteiger partial charge on any atom is 0.291 e. The van der Waals surface area contributed by atoms with E-state index in [0.29, 0.717) is 11.5 Å². The topological polar surface area (TPSA) is 94.6 Å². The molecule has 29 heavy (non-hydrogen) atoms. The van der Waals surface area contributed by atoms with Gasteiger partial charge in [0.15, 0.2) is 5.76 Å². The summed E-state index contributed by atoms with van der Waals surface area (Å²) in [6.07, 6.45) is 2.10. The van der Waals surface area contributed by atoms with Crippen LogP contribution in [0.2, 0.25) is 5.02 Å². The van der Waals surface area contributed by atoms with Crippen LogP contribution < -0.4 is 10.1 Å². The van der Waals surface area contributed by atoms with Crippen molar-refractivity contribution in [1.82, 2.24) is 0 Å². The van der Waals surface area contributed by atoms with E-state index in [1.54, 1.807) is 6.07 Å². The minimum absolute atomic E-state index is 0.0458. The first kappa shape index (κ1) is 20.4. The molecule has 8 heteroatoms. The van der Waals surface area contributed by atoms with E-state index in [1.807, 2.05) is 24.3 Å². The molecule has 0 unspecified atom stereocenters. The fourth-order valence-electron chi connectivity index (χ4n) is 2.68. The van der Waals surface area contributed by atoms with Crippen LogP contribution in [0.3, 0.4) is 0 Å². The SMILES string of the molecule is CCCc1ccc(OCc2ccc(C(=O)Nc3cc([N+](=O)[O-])ccc3Cl)o2)cc1. The van der Waals surface area contributed by atoms with Crippen molar-refractivity contribution in [3.63, 3.8) is 0 Å². The fourth-order valence-corrected chi connectivity index (χ4v) is 2.84. The zero-order valence-corrected chi connectivity index (χ0v) is 16.4. The van der Waals surface area contributed by atoms with Crippen molar-refractivity contribution in [3.8, 4) is 5.75 Å². The lowest BCUT2D eigenvalue weighted by molar-refractivity contribution is -0.384. The number of halogens is 1. The Kier molecular flexibility index (Phi) is 6.51. The van der Waals surface area contributed by atoms with Gasteiger partial charge in [-0.3, -0.25) is 14.9 Å². The molecule has 0 aliphatic heterocycles. The van der Waals surface area contributed by atoms with Gasteiger partial charge in [0.05, 0.1) is 15.6 Å². The van der Waals surface area contributed by atoms with Gasteiger partial charge in [-0.2, -0.15) is 0 Å². The third-order valence-corrected chi connectivity index (χ3v) is 4.47. The van der Waals surface area contributed by atoms with Crippen LogP contribution in [0.5, 0.6) is 5.75 Å². The molecule has 1 aromatic heterocycles. The van der Waals surface area contributed by atoms with Crippen molar-refractivity contribution in [1.29, 1.82) is 0 Å². The van der Waals surface area contributed by atoms with Crippen molar-refractivity contribution in [2.45, 2.75) is 26.4 Å². The summed E-state index contributed by atoms with van der Waals surface area (Å²) < 4.78 is 11.2. The smallest absolute Gasteiger partial charge is 0.291 e. The third kappa shape index (κ3) is 5.36. The van der Waals surface area contributed by atoms with Gasteiger partial charge in [0.2, 0.25) is 0 Å². The predicted octanol–water partition coefficient (Wildman–Crippen LogP) is 5.63. The van der Waals surface area contributed by atoms with Gasteiger partial charge >= 0.3 is 0 Å². The minimum Gasteiger partial charge on any atom is -0.486 e. The number of benzene rings is 2. The number of aryl methyl sites for hydroxylation is 1. The van der Waals surface area contributed by atoms with E-state index in [0.717, 1.165) is 12.8 Å². The molecular weight excluding hydrogens is 396 g/mol. The van der Waals surface area contributed by atoms with Crippen LogP contribution in [0.1, 0.15) is 35.2 Å². The standard InChI is InChI=1S/C21H19ClN2O5/c1-2-3-14-4-7-16(8-5-14)28-13-17-9-11-20(29-17)21(25)23-19-12-15(24(26)27)6-10-18(19)22/h4-12H,2-3,13H2,1H3,(H,23,25). The Morgan fingerprint density at radius 3 is 2.62 bits per heavy atom. The number of anilines is 1. The molecule has 1 heterocycles. The molecule has 0 saturated heterocycles. The number of hydrogen-bond acceptors (Lipinski definition) is 5. The number of non-ortho nitro benzene ring substituents is 1. The molecule has 0 saturated carbocycles. The summed E-state index contributed by atoms with van der Waals surface area (Å²) in [5.41, 5.74) is 1.20. The number of rotatable bonds is 8. The Bertz CT molecular complexity index is 1010. The molecule has 3 rings (SSSR count). The zero-order valence-electron chi connectivity index (χ0n) is 15.7. The number of carbonyl (C=O) groups excluding carboxylic acids is 1. The Morgan fingerprint density at radius 1 is 1.17 bits per heavy atom. The number of ether oxygens (including phenoxy) is 1. The molecule has 0 radical (unpaired) electrons. The van der Waals surface area contributed by atoms with Crippen LogP contribution >= 0.6 is 11.6 Å². The first-order valence-electron chi connectivity index (χ1n) is 9.02. The van der Waals surface area contributed by atoms with Gasteiger partial charge in [0.1, 0.15) is 18.1 Å². The van der Waals surface area contributed by atoms with Crippen LogP contribution in [0.4, 0.5) is 11.4 Å². The van der Waals surface area contributed by atoms with E-state index in [9.17, 15) is 14.9 Å². The number of nitrogens with one attached hydrogen (secondary N) is 1. The summed E-state index contributed by atoms with van der Waals surface area (Å²) in [5.74, 6) is 0.653. The average Bonchev–Trinajstić information content (AvgIpc) is 3.18. The Labute approximate surface area is 172 Å². The van der Waals surface area contributed by atoms with Crippen molar-refractivity contribution >= 4 is 28.9 Å². The van der Waals surface area contributed by atoms with Crippen LogP contribution in [-0.4, -0.2) is 10.8 Å². The lowest BCUT2D eigenvalue weighted by Gasteiger charge is -2.06. The lowest BCUT2D eigenvalue weighted by Crippen LogP contribution is -2.11. The van der Waals surface area contributed by atoms with E-state index in [2.05, 4.69) is 12.2 Å². The van der Waals surface area contributed by atoms with Gasteiger partial charge in [-0.05, 0) is 42.3 Å². The summed E-state index contributed by atoms with van der Waals surface area (Å²) in [7, 11) is 0. The average molecular weight is 415 g/mol. The first-order chi connectivity index (χ1) is 14.0. The molecule has 2 aromatic carbocycles. The second-order valence-corrected chi connectivity index (χ2v) is 6.73. The molecule has 0 aliphatic carbocycles. The van der Waals surface area contributed by atoms with Gasteiger partial charge < -0.3 is 14.5 Å². The molecule has 7 nitrogen and oxygen atoms in total. The number of hydrogen-bond donors (Lipinski definition) is 1. The number of nitro benzene ring substituents is 1. The highest BCUT2D eigenvalue weighted by Crippen LogP contribution is 2.27. The molecule has 3 aromatic rings. The maximum atomic E-state index is 12.4. The second kappa shape index (κ2) is 9.25. The Balaban J connectivity index is 1.61. The molecule has 0 fully saturated rings. The molecule has 0 spiro atoms. The van der Waals surface area contributed by atoms with E-state index in [1.165, 1.54) is 29.8 Å². The van der Waals surface area contributed by atoms with Gasteiger partial charge in [0, 0.05) is 12.1 Å². The minimum atomic E-state index is -0.567. The Hall–Kier alpha value is -3.32. The quantitative estimate of drug-likeness (QED) is 0.381. The number of furan rings is 1. The van der Waals surface area contributed by atoms with Crippen molar-refractivity contribution in [2.24, 2.45) is 0 Å². The van der Waals surface area contributed by atoms with E-state index in [4.69, 9.17) is 20.8 Å². The second-order valence-electron chi connectivity index (χ2n) is 6.32. The molecule has 1 N–H and O–H groups in total. The summed E-state index contributed by atoms with van der Waals surface area (Å²) in [6.45, 7) is 2.29. The van der Waals surface area contributed by atoms with Gasteiger partial charge in [-0.15, -0.1) is 0 Å². The molecule has 0 bridgehead atoms. The highest BCUT2D eigenvalue weighted by molar-refractivity contribution is 6.34. The monoisotopic (exact) mass is 414 g/mol. The molecule has 150 valence electrons. The predicted molar refractivity (Wildman–Crippen MR) is 110 cm³/mol. The van der Waals surface area contributed by atoms with Crippen molar-refractivity contribution < 1.29 is 18.9 Å². The van der Waals surface area contributed by atoms with Crippen molar-refractivity contribution in [3.05, 3.63) is 86.8 Å². The first-order valence-corrected chi connectivity index (χ1v) is 9.40. The van der Waals surface area contributed by atoms with Crippen LogP contribution in [0, 0.1) is 10.1 Å². The highest BCUT2D eigenvalue weighted by atomic mass is 35.5. The molecule has 0 aliphatic rings. The Morgan fingerprint density at radius 2 is 1.93 bits per heavy atom. The number of nitrogens with zero attached hydrogens (tertiary/aromatic N) is 1. The third-order valence-electron chi connectivity index (χ3n) is 4.14.